The van der Waals surface area contributed by atoms with Crippen LogP contribution < -0.4 is 4.74 Å². The van der Waals surface area contributed by atoms with E-state index in [2.05, 4.69) is 37.8 Å². The summed E-state index contributed by atoms with van der Waals surface area (Å²) in [5, 5.41) is 21.3. The van der Waals surface area contributed by atoms with Crippen molar-refractivity contribution < 1.29 is 14.9 Å². The van der Waals surface area contributed by atoms with Gasteiger partial charge in [-0.25, -0.2) is 0 Å². The molecule has 2 aromatic carbocycles. The summed E-state index contributed by atoms with van der Waals surface area (Å²) in [7, 11) is 0. The number of likely N-dealkylation sites (tertiary alicyclic amines) is 1. The minimum atomic E-state index is -0.489. The number of β-amino-alcohol motifs (C(OH)–C–C–N with tert-alkyl or cyclic N) is 1. The van der Waals surface area contributed by atoms with Crippen LogP contribution in [0.3, 0.4) is 0 Å². The number of hydrogen-bond acceptors (Lipinski definition) is 4. The number of rotatable bonds is 3. The largest absolute Gasteiger partial charge is 0.487 e. The Morgan fingerprint density at radius 1 is 1.07 bits per heavy atom. The molecule has 156 valence electrons. The number of hydrogen-bond donors (Lipinski definition) is 2. The molecular formula is C25H33NO3. The molecule has 4 nitrogen and oxygen atoms in total. The predicted octanol–water partition coefficient (Wildman–Crippen LogP) is 4.37. The van der Waals surface area contributed by atoms with Gasteiger partial charge in [-0.3, -0.25) is 0 Å². The summed E-state index contributed by atoms with van der Waals surface area (Å²) in [4.78, 5) is 2.31. The van der Waals surface area contributed by atoms with Gasteiger partial charge < -0.3 is 19.8 Å². The van der Waals surface area contributed by atoms with Gasteiger partial charge in [0.05, 0.1) is 12.2 Å². The minimum absolute atomic E-state index is 0.119. The fraction of sp³-hybridized carbons (Fsp3) is 0.520. The van der Waals surface area contributed by atoms with Crippen molar-refractivity contribution in [2.45, 2.75) is 63.3 Å². The molecule has 1 fully saturated rings. The molecule has 2 atom stereocenters. The quantitative estimate of drug-likeness (QED) is 0.810. The highest BCUT2D eigenvalue weighted by Crippen LogP contribution is 2.44. The van der Waals surface area contributed by atoms with Gasteiger partial charge in [0, 0.05) is 31.6 Å². The zero-order valence-corrected chi connectivity index (χ0v) is 17.8. The summed E-state index contributed by atoms with van der Waals surface area (Å²) in [6.45, 7) is 8.96. The first-order chi connectivity index (χ1) is 13.8. The van der Waals surface area contributed by atoms with Gasteiger partial charge in [-0.1, -0.05) is 63.2 Å². The van der Waals surface area contributed by atoms with Crippen LogP contribution in [-0.4, -0.2) is 40.3 Å². The van der Waals surface area contributed by atoms with E-state index in [-0.39, 0.29) is 11.0 Å². The third-order valence-electron chi connectivity index (χ3n) is 6.53. The monoisotopic (exact) mass is 395 g/mol. The lowest BCUT2D eigenvalue weighted by Gasteiger charge is -2.46. The highest BCUT2D eigenvalue weighted by Gasteiger charge is 2.42. The lowest BCUT2D eigenvalue weighted by molar-refractivity contribution is -0.0587. The highest BCUT2D eigenvalue weighted by molar-refractivity contribution is 5.38. The normalized spacial score (nSPS) is 22.7. The lowest BCUT2D eigenvalue weighted by Crippen LogP contribution is -2.51. The fourth-order valence-electron chi connectivity index (χ4n) is 4.59. The van der Waals surface area contributed by atoms with Crippen molar-refractivity contribution >= 4 is 0 Å². The third kappa shape index (κ3) is 4.35. The number of piperidine rings is 1. The van der Waals surface area contributed by atoms with Crippen molar-refractivity contribution in [1.29, 1.82) is 0 Å². The molecule has 1 spiro atoms. The number of para-hydroxylation sites is 1. The molecule has 4 rings (SSSR count). The Labute approximate surface area is 174 Å². The van der Waals surface area contributed by atoms with E-state index in [4.69, 9.17) is 4.74 Å². The van der Waals surface area contributed by atoms with Crippen LogP contribution in [0, 0.1) is 0 Å². The van der Waals surface area contributed by atoms with Crippen LogP contribution in [0.2, 0.25) is 0 Å². The molecule has 2 aliphatic rings. The molecule has 0 amide bonds. The number of aliphatic hydroxyl groups is 2. The molecule has 0 radical (unpaired) electrons. The van der Waals surface area contributed by atoms with E-state index >= 15 is 0 Å². The summed E-state index contributed by atoms with van der Waals surface area (Å²) in [5.74, 6) is 0.818. The van der Waals surface area contributed by atoms with E-state index in [1.165, 1.54) is 5.56 Å². The van der Waals surface area contributed by atoms with Gasteiger partial charge in [-0.05, 0) is 35.4 Å². The van der Waals surface area contributed by atoms with Gasteiger partial charge in [0.15, 0.2) is 0 Å². The lowest BCUT2D eigenvalue weighted by atomic mass is 9.81. The van der Waals surface area contributed by atoms with Crippen molar-refractivity contribution in [1.82, 2.24) is 4.90 Å². The van der Waals surface area contributed by atoms with Crippen molar-refractivity contribution in [3.05, 3.63) is 65.2 Å². The fourth-order valence-corrected chi connectivity index (χ4v) is 4.59. The Hall–Kier alpha value is -1.88. The van der Waals surface area contributed by atoms with Crippen LogP contribution in [0.4, 0.5) is 0 Å². The third-order valence-corrected chi connectivity index (χ3v) is 6.53. The Balaban J connectivity index is 1.36. The van der Waals surface area contributed by atoms with Gasteiger partial charge in [-0.15, -0.1) is 0 Å². The maximum absolute atomic E-state index is 10.7. The number of aliphatic hydroxyl groups excluding tert-OH is 2. The molecule has 2 aliphatic heterocycles. The van der Waals surface area contributed by atoms with Crippen LogP contribution in [0.5, 0.6) is 5.75 Å². The average Bonchev–Trinajstić information content (AvgIpc) is 2.69. The van der Waals surface area contributed by atoms with Gasteiger partial charge in [0.25, 0.3) is 0 Å². The average molecular weight is 396 g/mol. The van der Waals surface area contributed by atoms with Gasteiger partial charge in [0.2, 0.25) is 0 Å². The van der Waals surface area contributed by atoms with Crippen molar-refractivity contribution in [2.24, 2.45) is 0 Å². The molecule has 0 aromatic heterocycles. The molecule has 4 heteroatoms. The predicted molar refractivity (Wildman–Crippen MR) is 115 cm³/mol. The zero-order valence-electron chi connectivity index (χ0n) is 17.8. The number of ether oxygens (including phenoxy) is 1. The van der Waals surface area contributed by atoms with Gasteiger partial charge in [0.1, 0.15) is 11.4 Å². The second kappa shape index (κ2) is 7.75. The molecule has 2 N–H and O–H groups in total. The van der Waals surface area contributed by atoms with E-state index < -0.39 is 12.2 Å². The summed E-state index contributed by atoms with van der Waals surface area (Å²) >= 11 is 0. The molecule has 0 saturated carbocycles. The Kier molecular flexibility index (Phi) is 5.45. The zero-order chi connectivity index (χ0) is 20.6. The van der Waals surface area contributed by atoms with Crippen LogP contribution in [0.15, 0.2) is 48.5 Å². The highest BCUT2D eigenvalue weighted by atomic mass is 16.5. The first-order valence-electron chi connectivity index (χ1n) is 10.7. The molecule has 0 bridgehead atoms. The van der Waals surface area contributed by atoms with Gasteiger partial charge in [-0.2, -0.15) is 0 Å². The van der Waals surface area contributed by atoms with Crippen LogP contribution >= 0.6 is 0 Å². The van der Waals surface area contributed by atoms with Crippen molar-refractivity contribution in [3.8, 4) is 5.75 Å². The van der Waals surface area contributed by atoms with E-state index in [1.807, 2.05) is 36.4 Å². The molecule has 0 unspecified atom stereocenters. The van der Waals surface area contributed by atoms with Crippen LogP contribution in [0.1, 0.15) is 68.9 Å². The number of fused-ring (bicyclic) bond motifs is 1. The number of nitrogens with zero attached hydrogens (tertiary/aromatic N) is 1. The smallest absolute Gasteiger partial charge is 0.125 e. The van der Waals surface area contributed by atoms with E-state index in [0.29, 0.717) is 13.0 Å². The second-order valence-electron chi connectivity index (χ2n) is 9.73. The SMILES string of the molecule is CC(C)(C)c1ccc([C@H](O)CN2CCC3(CC2)C[C@H](O)c2ccccc2O3)cc1. The van der Waals surface area contributed by atoms with E-state index in [9.17, 15) is 10.2 Å². The molecule has 29 heavy (non-hydrogen) atoms. The molecular weight excluding hydrogens is 362 g/mol. The van der Waals surface area contributed by atoms with Crippen LogP contribution in [-0.2, 0) is 5.41 Å². The molecule has 1 saturated heterocycles. The Morgan fingerprint density at radius 2 is 1.72 bits per heavy atom. The molecule has 2 aromatic rings. The van der Waals surface area contributed by atoms with Gasteiger partial charge >= 0.3 is 0 Å². The topological polar surface area (TPSA) is 52.9 Å². The Bertz CT molecular complexity index is 832. The summed E-state index contributed by atoms with van der Waals surface area (Å²) < 4.78 is 6.36. The van der Waals surface area contributed by atoms with Crippen LogP contribution in [0.25, 0.3) is 0 Å². The maximum Gasteiger partial charge on any atom is 0.125 e. The first kappa shape index (κ1) is 20.4. The standard InChI is InChI=1S/C25H33NO3/c1-24(2,3)19-10-8-18(9-11-19)22(28)17-26-14-12-25(13-15-26)16-21(27)20-6-4-5-7-23(20)29-25/h4-11,21-22,27-28H,12-17H2,1-3H3/t21-,22+/m0/s1. The second-order valence-corrected chi connectivity index (χ2v) is 9.73. The maximum atomic E-state index is 10.7. The summed E-state index contributed by atoms with van der Waals surface area (Å²) in [6.07, 6.45) is 1.44. The van der Waals surface area contributed by atoms with E-state index in [1.54, 1.807) is 0 Å². The Morgan fingerprint density at radius 3 is 2.38 bits per heavy atom. The van der Waals surface area contributed by atoms with Crippen molar-refractivity contribution in [3.63, 3.8) is 0 Å². The molecule has 2 heterocycles. The van der Waals surface area contributed by atoms with E-state index in [0.717, 1.165) is 42.8 Å². The molecule has 0 aliphatic carbocycles. The summed E-state index contributed by atoms with van der Waals surface area (Å²) in [5.41, 5.74) is 2.98. The van der Waals surface area contributed by atoms with Crippen molar-refractivity contribution in [2.75, 3.05) is 19.6 Å². The summed E-state index contributed by atoms with van der Waals surface area (Å²) in [6, 6.07) is 16.2. The number of benzene rings is 2. The minimum Gasteiger partial charge on any atom is -0.487 e. The first-order valence-corrected chi connectivity index (χ1v) is 10.7.